The normalized spacial score (nSPS) is 13.8. The topological polar surface area (TPSA) is 134 Å². The van der Waals surface area contributed by atoms with Crippen molar-refractivity contribution in [1.29, 1.82) is 5.26 Å². The molecule has 2 heterocycles. The van der Waals surface area contributed by atoms with Crippen LogP contribution in [0.5, 0.6) is 23.0 Å². The highest BCUT2D eigenvalue weighted by Gasteiger charge is 2.32. The number of carbonyl (C=O) groups excluding carboxylic acids is 1. The van der Waals surface area contributed by atoms with E-state index in [1.54, 1.807) is 72.8 Å². The van der Waals surface area contributed by atoms with Crippen LogP contribution in [0.3, 0.4) is 0 Å². The van der Waals surface area contributed by atoms with Gasteiger partial charge in [0.25, 0.3) is 0 Å². The summed E-state index contributed by atoms with van der Waals surface area (Å²) in [6.45, 7) is 2.38. The number of benzene rings is 4. The maximum Gasteiger partial charge on any atom is 0.351 e. The number of ether oxygens (including phenoxy) is 4. The Morgan fingerprint density at radius 2 is 1.80 bits per heavy atom. The standard InChI is InChI=1S/C35H24Cl2N2O7/c1-2-42-31-14-20(8-12-29(31)43-18-21-7-9-22(36)15-27(21)37)32-24-11-10-23(16-30(24)45-33(39)26(32)17-38)44-34(40)25-13-19-5-3-4-6-28(19)46-35(25)41/h3-16,32H,2,18,39H2,1H3. The number of allylic oxidation sites excluding steroid dienone is 1. The van der Waals surface area contributed by atoms with Crippen molar-refractivity contribution in [2.45, 2.75) is 19.4 Å². The lowest BCUT2D eigenvalue weighted by atomic mass is 9.83. The van der Waals surface area contributed by atoms with Crippen LogP contribution in [0.4, 0.5) is 0 Å². The first-order valence-electron chi connectivity index (χ1n) is 14.1. The zero-order valence-electron chi connectivity index (χ0n) is 24.2. The van der Waals surface area contributed by atoms with E-state index >= 15 is 0 Å². The Morgan fingerprint density at radius 3 is 2.59 bits per heavy atom. The number of rotatable bonds is 8. The van der Waals surface area contributed by atoms with Crippen molar-refractivity contribution in [2.75, 3.05) is 6.61 Å². The molecule has 0 saturated carbocycles. The van der Waals surface area contributed by atoms with Gasteiger partial charge in [-0.3, -0.25) is 0 Å². The van der Waals surface area contributed by atoms with Crippen LogP contribution in [0.1, 0.15) is 39.9 Å². The minimum absolute atomic E-state index is 0.0999. The van der Waals surface area contributed by atoms with Crippen LogP contribution in [-0.4, -0.2) is 12.6 Å². The van der Waals surface area contributed by atoms with Gasteiger partial charge in [-0.05, 0) is 55.0 Å². The highest BCUT2D eigenvalue weighted by molar-refractivity contribution is 6.35. The third-order valence-electron chi connectivity index (χ3n) is 7.26. The molecule has 46 heavy (non-hydrogen) atoms. The molecule has 2 N–H and O–H groups in total. The minimum atomic E-state index is -0.898. The third kappa shape index (κ3) is 6.09. The fourth-order valence-electron chi connectivity index (χ4n) is 5.09. The number of para-hydroxylation sites is 1. The molecule has 11 heteroatoms. The predicted molar refractivity (Wildman–Crippen MR) is 172 cm³/mol. The Bertz CT molecular complexity index is 2130. The maximum atomic E-state index is 13.0. The zero-order valence-corrected chi connectivity index (χ0v) is 25.7. The molecule has 0 radical (unpaired) electrons. The summed E-state index contributed by atoms with van der Waals surface area (Å²) in [7, 11) is 0. The molecule has 1 aromatic heterocycles. The monoisotopic (exact) mass is 654 g/mol. The Kier molecular flexibility index (Phi) is 8.57. The molecule has 5 aromatic rings. The van der Waals surface area contributed by atoms with E-state index in [2.05, 4.69) is 6.07 Å². The smallest absolute Gasteiger partial charge is 0.351 e. The van der Waals surface area contributed by atoms with Crippen molar-refractivity contribution in [3.05, 3.63) is 139 Å². The maximum absolute atomic E-state index is 13.0. The molecule has 1 unspecified atom stereocenters. The highest BCUT2D eigenvalue weighted by Crippen LogP contribution is 2.45. The second kappa shape index (κ2) is 12.9. The number of hydrogen-bond acceptors (Lipinski definition) is 9. The van der Waals surface area contributed by atoms with Gasteiger partial charge in [-0.25, -0.2) is 9.59 Å². The van der Waals surface area contributed by atoms with Crippen LogP contribution in [0.2, 0.25) is 10.0 Å². The quantitative estimate of drug-likeness (QED) is 0.102. The summed E-state index contributed by atoms with van der Waals surface area (Å²) in [6, 6.07) is 25.6. The van der Waals surface area contributed by atoms with Gasteiger partial charge in [-0.1, -0.05) is 59.6 Å². The molecular formula is C35H24Cl2N2O7. The SMILES string of the molecule is CCOc1cc(C2C(C#N)=C(N)Oc3cc(OC(=O)c4cc5ccccc5oc4=O)ccc32)ccc1OCc1ccc(Cl)cc1Cl. The van der Waals surface area contributed by atoms with Crippen LogP contribution in [0.15, 0.2) is 106 Å². The molecule has 0 saturated heterocycles. The van der Waals surface area contributed by atoms with E-state index in [4.69, 9.17) is 52.3 Å². The first-order chi connectivity index (χ1) is 22.2. The van der Waals surface area contributed by atoms with Crippen molar-refractivity contribution in [1.82, 2.24) is 0 Å². The lowest BCUT2D eigenvalue weighted by molar-refractivity contribution is 0.0730. The van der Waals surface area contributed by atoms with E-state index in [-0.39, 0.29) is 35.1 Å². The van der Waals surface area contributed by atoms with E-state index in [1.807, 2.05) is 6.92 Å². The van der Waals surface area contributed by atoms with Crippen molar-refractivity contribution in [3.63, 3.8) is 0 Å². The second-order valence-corrected chi connectivity index (χ2v) is 11.0. The Morgan fingerprint density at radius 1 is 0.978 bits per heavy atom. The van der Waals surface area contributed by atoms with Crippen LogP contribution in [0, 0.1) is 11.3 Å². The Labute approximate surface area is 272 Å². The number of carbonyl (C=O) groups is 1. The minimum Gasteiger partial charge on any atom is -0.490 e. The first-order valence-corrected chi connectivity index (χ1v) is 14.8. The summed E-state index contributed by atoms with van der Waals surface area (Å²) in [5.74, 6) is -0.339. The first kappa shape index (κ1) is 30.6. The molecule has 0 spiro atoms. The van der Waals surface area contributed by atoms with E-state index in [1.165, 1.54) is 12.1 Å². The number of nitrogens with two attached hydrogens (primary N) is 1. The van der Waals surface area contributed by atoms with Crippen molar-refractivity contribution >= 4 is 40.1 Å². The van der Waals surface area contributed by atoms with E-state index < -0.39 is 17.5 Å². The van der Waals surface area contributed by atoms with Gasteiger partial charge in [0.15, 0.2) is 11.5 Å². The molecule has 1 aliphatic rings. The van der Waals surface area contributed by atoms with Gasteiger partial charge in [-0.2, -0.15) is 5.26 Å². The van der Waals surface area contributed by atoms with Crippen LogP contribution < -0.4 is 30.3 Å². The highest BCUT2D eigenvalue weighted by atomic mass is 35.5. The average Bonchev–Trinajstić information content (AvgIpc) is 3.04. The Hall–Kier alpha value is -5.43. The van der Waals surface area contributed by atoms with Crippen molar-refractivity contribution in [3.8, 4) is 29.1 Å². The van der Waals surface area contributed by atoms with Gasteiger partial charge in [0.1, 0.15) is 40.9 Å². The van der Waals surface area contributed by atoms with Gasteiger partial charge >= 0.3 is 11.6 Å². The number of nitrogens with zero attached hydrogens (tertiary/aromatic N) is 1. The van der Waals surface area contributed by atoms with Gasteiger partial charge in [0.05, 0.1) is 12.5 Å². The lowest BCUT2D eigenvalue weighted by Gasteiger charge is -2.27. The van der Waals surface area contributed by atoms with Gasteiger partial charge in [-0.15, -0.1) is 0 Å². The van der Waals surface area contributed by atoms with Crippen molar-refractivity contribution in [2.24, 2.45) is 5.73 Å². The average molecular weight is 655 g/mol. The van der Waals surface area contributed by atoms with E-state index in [9.17, 15) is 14.9 Å². The van der Waals surface area contributed by atoms with E-state index in [0.29, 0.717) is 50.2 Å². The van der Waals surface area contributed by atoms with Gasteiger partial charge in [0.2, 0.25) is 5.88 Å². The molecule has 1 atom stereocenters. The summed E-state index contributed by atoms with van der Waals surface area (Å²) in [6.07, 6.45) is 0. The summed E-state index contributed by atoms with van der Waals surface area (Å²) in [4.78, 5) is 25.4. The molecule has 0 fully saturated rings. The number of esters is 1. The van der Waals surface area contributed by atoms with Gasteiger partial charge in [0, 0.05) is 32.6 Å². The van der Waals surface area contributed by atoms with Gasteiger partial charge < -0.3 is 29.1 Å². The molecule has 4 aromatic carbocycles. The summed E-state index contributed by atoms with van der Waals surface area (Å²) >= 11 is 12.3. The molecular weight excluding hydrogens is 631 g/mol. The van der Waals surface area contributed by atoms with Crippen LogP contribution in [0.25, 0.3) is 11.0 Å². The summed E-state index contributed by atoms with van der Waals surface area (Å²) in [5, 5.41) is 11.6. The van der Waals surface area contributed by atoms with Crippen LogP contribution >= 0.6 is 23.2 Å². The molecule has 6 rings (SSSR count). The molecule has 230 valence electrons. The Balaban J connectivity index is 1.30. The third-order valence-corrected chi connectivity index (χ3v) is 7.85. The predicted octanol–water partition coefficient (Wildman–Crippen LogP) is 7.51. The fraction of sp³-hybridized carbons (Fsp3) is 0.114. The molecule has 9 nitrogen and oxygen atoms in total. The van der Waals surface area contributed by atoms with Crippen LogP contribution in [-0.2, 0) is 6.61 Å². The second-order valence-electron chi connectivity index (χ2n) is 10.2. The fourth-order valence-corrected chi connectivity index (χ4v) is 5.56. The molecule has 0 bridgehead atoms. The number of hydrogen-bond donors (Lipinski definition) is 1. The summed E-state index contributed by atoms with van der Waals surface area (Å²) < 4.78 is 28.5. The zero-order chi connectivity index (χ0) is 32.4. The number of fused-ring (bicyclic) bond motifs is 2. The molecule has 0 amide bonds. The number of nitriles is 1. The number of halogens is 2. The molecule has 0 aliphatic carbocycles. The van der Waals surface area contributed by atoms with E-state index in [0.717, 1.165) is 5.56 Å². The lowest BCUT2D eigenvalue weighted by Crippen LogP contribution is -2.22. The summed E-state index contributed by atoms with van der Waals surface area (Å²) in [5.41, 5.74) is 7.70. The molecule has 1 aliphatic heterocycles. The largest absolute Gasteiger partial charge is 0.490 e. The van der Waals surface area contributed by atoms with Crippen molar-refractivity contribution < 1.29 is 28.2 Å².